The summed E-state index contributed by atoms with van der Waals surface area (Å²) < 4.78 is 43.0. The summed E-state index contributed by atoms with van der Waals surface area (Å²) in [5.74, 6) is 4.26. The zero-order valence-electron chi connectivity index (χ0n) is 46.3. The Morgan fingerprint density at radius 3 is 0.746 bits per heavy atom. The van der Waals surface area contributed by atoms with Crippen LogP contribution in [-0.2, 0) is 32.5 Å². The highest BCUT2D eigenvalue weighted by molar-refractivity contribution is 7.99. The molecule has 9 heteroatoms. The fraction of sp³-hybridized carbons (Fsp3) is 0.419. The number of rotatable bonds is 14. The molecular weight excluding hydrogens is 935 g/mol. The second kappa shape index (κ2) is 21.4. The van der Waals surface area contributed by atoms with Crippen molar-refractivity contribution in [2.45, 2.75) is 181 Å². The monoisotopic (exact) mass is 1010 g/mol. The molecule has 0 fully saturated rings. The zero-order chi connectivity index (χ0) is 52.5. The van der Waals surface area contributed by atoms with E-state index < -0.39 is 17.2 Å². The highest BCUT2D eigenvalue weighted by Gasteiger charge is 2.35. The molecule has 0 bridgehead atoms. The molecule has 6 aromatic rings. The SMILES string of the molecule is Cc1cc(Sc2cc(C)cc(C(C)(C)C)c2OP(Oc2ccccc2C(C)(C)C)Oc2ccccc2C(C)(C)C)c(OP(Oc2ccccc2C(C)(C)C)Oc2ccccc2C(C)(C)C)c(C(C)(C)C)c1. The first kappa shape index (κ1) is 55.6. The van der Waals surface area contributed by atoms with Crippen LogP contribution >= 0.6 is 29.0 Å². The van der Waals surface area contributed by atoms with Gasteiger partial charge in [-0.15, -0.1) is 0 Å². The van der Waals surface area contributed by atoms with E-state index in [1.165, 1.54) is 0 Å². The maximum absolute atomic E-state index is 7.38. The first-order chi connectivity index (χ1) is 32.8. The number of para-hydroxylation sites is 4. The van der Waals surface area contributed by atoms with Gasteiger partial charge in [0.25, 0.3) is 0 Å². The van der Waals surface area contributed by atoms with Crippen LogP contribution in [0.25, 0.3) is 0 Å². The van der Waals surface area contributed by atoms with Gasteiger partial charge in [-0.25, -0.2) is 0 Å². The highest BCUT2D eigenvalue weighted by atomic mass is 32.2. The summed E-state index contributed by atoms with van der Waals surface area (Å²) in [6.45, 7) is 44.0. The Kier molecular flexibility index (Phi) is 16.8. The van der Waals surface area contributed by atoms with Gasteiger partial charge < -0.3 is 27.1 Å². The number of benzene rings is 6. The van der Waals surface area contributed by atoms with Gasteiger partial charge in [0.1, 0.15) is 34.5 Å². The van der Waals surface area contributed by atoms with E-state index in [0.29, 0.717) is 11.5 Å². The van der Waals surface area contributed by atoms with Crippen molar-refractivity contribution >= 4 is 29.0 Å². The average molecular weight is 1020 g/mol. The molecule has 6 nitrogen and oxygen atoms in total. The quantitative estimate of drug-likeness (QED) is 0.101. The standard InChI is InChI=1S/C62H80O6P2S/c1-41-37-47(61(15,16)17)55(67-69(63-49-33-25-21-29-43(49)57(3,4)5)64-50-34-26-22-30-44(50)58(6,7)8)53(39-41)71-54-40-42(2)38-48(62(18,19)20)56(54)68-70(65-51-35-27-23-31-45(51)59(9,10)11)66-52-36-28-24-32-46(52)60(12,13)14/h21-40H,1-20H3. The predicted molar refractivity (Wildman–Crippen MR) is 302 cm³/mol. The lowest BCUT2D eigenvalue weighted by molar-refractivity contribution is 0.368. The van der Waals surface area contributed by atoms with Gasteiger partial charge in [-0.1, -0.05) is 221 Å². The van der Waals surface area contributed by atoms with Crippen LogP contribution in [-0.4, -0.2) is 0 Å². The molecule has 0 N–H and O–H groups in total. The van der Waals surface area contributed by atoms with Crippen LogP contribution in [0, 0.1) is 13.8 Å². The summed E-state index contributed by atoms with van der Waals surface area (Å²) in [5, 5.41) is 0. The van der Waals surface area contributed by atoms with Gasteiger partial charge in [0.05, 0.1) is 9.79 Å². The van der Waals surface area contributed by atoms with Gasteiger partial charge in [0.15, 0.2) is 0 Å². The van der Waals surface area contributed by atoms with Crippen LogP contribution in [0.2, 0.25) is 0 Å². The normalized spacial score (nSPS) is 12.8. The highest BCUT2D eigenvalue weighted by Crippen LogP contribution is 2.56. The summed E-state index contributed by atoms with van der Waals surface area (Å²) >= 11 is 1.62. The van der Waals surface area contributed by atoms with E-state index in [2.05, 4.69) is 211 Å². The summed E-state index contributed by atoms with van der Waals surface area (Å²) in [6, 6.07) is 41.7. The van der Waals surface area contributed by atoms with Crippen molar-refractivity contribution in [2.24, 2.45) is 0 Å². The molecule has 380 valence electrons. The molecule has 0 aliphatic rings. The second-order valence-corrected chi connectivity index (χ2v) is 27.9. The van der Waals surface area contributed by atoms with Crippen LogP contribution in [0.15, 0.2) is 131 Å². The fourth-order valence-electron chi connectivity index (χ4n) is 8.30. The lowest BCUT2D eigenvalue weighted by atomic mass is 9.85. The number of hydrogen-bond acceptors (Lipinski definition) is 7. The largest absolute Gasteiger partial charge is 0.530 e. The molecular formula is C62H80O6P2S. The van der Waals surface area contributed by atoms with Crippen LogP contribution in [0.1, 0.15) is 169 Å². The van der Waals surface area contributed by atoms with Gasteiger partial charge in [-0.3, -0.25) is 0 Å². The average Bonchev–Trinajstić information content (AvgIpc) is 3.23. The Hall–Kier alpha value is -4.67. The molecule has 0 saturated carbocycles. The Morgan fingerprint density at radius 1 is 0.296 bits per heavy atom. The van der Waals surface area contributed by atoms with Crippen molar-refractivity contribution in [3.8, 4) is 34.5 Å². The van der Waals surface area contributed by atoms with E-state index in [1.807, 2.05) is 48.5 Å². The van der Waals surface area contributed by atoms with Crippen molar-refractivity contribution in [2.75, 3.05) is 0 Å². The molecule has 6 aromatic carbocycles. The molecule has 6 rings (SSSR count). The maximum Gasteiger partial charge on any atom is 0.530 e. The molecule has 71 heavy (non-hydrogen) atoms. The van der Waals surface area contributed by atoms with E-state index in [-0.39, 0.29) is 32.5 Å². The van der Waals surface area contributed by atoms with Crippen molar-refractivity contribution in [3.05, 3.63) is 166 Å². The Balaban J connectivity index is 1.56. The molecule has 0 unspecified atom stereocenters. The smallest absolute Gasteiger partial charge is 0.408 e. The first-order valence-electron chi connectivity index (χ1n) is 24.8. The molecule has 0 heterocycles. The maximum atomic E-state index is 7.38. The second-order valence-electron chi connectivity index (χ2n) is 24.9. The molecule has 0 saturated heterocycles. The van der Waals surface area contributed by atoms with Gasteiger partial charge in [0, 0.05) is 33.4 Å². The van der Waals surface area contributed by atoms with Crippen molar-refractivity contribution in [1.29, 1.82) is 0 Å². The van der Waals surface area contributed by atoms with Crippen molar-refractivity contribution < 1.29 is 27.1 Å². The summed E-state index contributed by atoms with van der Waals surface area (Å²) in [5.41, 5.74) is 7.04. The van der Waals surface area contributed by atoms with Crippen LogP contribution < -0.4 is 27.1 Å². The minimum Gasteiger partial charge on any atom is -0.408 e. The van der Waals surface area contributed by atoms with E-state index >= 15 is 0 Å². The fourth-order valence-corrected chi connectivity index (χ4v) is 11.8. The molecule has 0 radical (unpaired) electrons. The minimum atomic E-state index is -2.10. The molecule has 0 spiro atoms. The van der Waals surface area contributed by atoms with E-state index in [9.17, 15) is 0 Å². The predicted octanol–water partition coefficient (Wildman–Crippen LogP) is 19.8. The van der Waals surface area contributed by atoms with Crippen LogP contribution in [0.4, 0.5) is 0 Å². The van der Waals surface area contributed by atoms with Crippen LogP contribution in [0.5, 0.6) is 34.5 Å². The Bertz CT molecular complexity index is 2480. The van der Waals surface area contributed by atoms with E-state index in [4.69, 9.17) is 27.1 Å². The third-order valence-electron chi connectivity index (χ3n) is 12.0. The summed E-state index contributed by atoms with van der Waals surface area (Å²) in [4.78, 5) is 1.81. The summed E-state index contributed by atoms with van der Waals surface area (Å²) in [7, 11) is -4.19. The Morgan fingerprint density at radius 2 is 0.521 bits per heavy atom. The minimum absolute atomic E-state index is 0.203. The lowest BCUT2D eigenvalue weighted by Gasteiger charge is -2.31. The lowest BCUT2D eigenvalue weighted by Crippen LogP contribution is -2.17. The van der Waals surface area contributed by atoms with E-state index in [1.54, 1.807) is 11.8 Å². The third kappa shape index (κ3) is 14.3. The van der Waals surface area contributed by atoms with Crippen molar-refractivity contribution in [3.63, 3.8) is 0 Å². The van der Waals surface area contributed by atoms with Crippen molar-refractivity contribution in [1.82, 2.24) is 0 Å². The van der Waals surface area contributed by atoms with Crippen LogP contribution in [0.3, 0.4) is 0 Å². The van der Waals surface area contributed by atoms with Gasteiger partial charge in [-0.05, 0) is 93.9 Å². The molecule has 0 aromatic heterocycles. The molecule has 0 aliphatic heterocycles. The van der Waals surface area contributed by atoms with Gasteiger partial charge in [0.2, 0.25) is 0 Å². The Labute approximate surface area is 435 Å². The number of aryl methyl sites for hydroxylation is 2. The van der Waals surface area contributed by atoms with E-state index in [0.717, 1.165) is 77.3 Å². The molecule has 0 atom stereocenters. The topological polar surface area (TPSA) is 55.4 Å². The zero-order valence-corrected chi connectivity index (χ0v) is 48.9. The van der Waals surface area contributed by atoms with Gasteiger partial charge >= 0.3 is 17.2 Å². The third-order valence-corrected chi connectivity index (χ3v) is 15.1. The number of hydrogen-bond donors (Lipinski definition) is 0. The molecule has 0 amide bonds. The molecule has 0 aliphatic carbocycles. The first-order valence-corrected chi connectivity index (χ1v) is 27.9. The summed E-state index contributed by atoms with van der Waals surface area (Å²) in [6.07, 6.45) is 0. The van der Waals surface area contributed by atoms with Gasteiger partial charge in [-0.2, -0.15) is 0 Å².